The van der Waals surface area contributed by atoms with Crippen LogP contribution in [0.4, 0.5) is 8.78 Å². The van der Waals surface area contributed by atoms with Crippen LogP contribution in [-0.2, 0) is 24.4 Å². The Bertz CT molecular complexity index is 2280. The normalized spacial score (nSPS) is 16.1. The molecular formula is C39H54F2N14O6S2. The van der Waals surface area contributed by atoms with Crippen molar-refractivity contribution >= 4 is 57.4 Å². The van der Waals surface area contributed by atoms with Gasteiger partial charge < -0.3 is 47.3 Å². The second-order valence-electron chi connectivity index (χ2n) is 15.0. The Labute approximate surface area is 372 Å². The molecule has 0 radical (unpaired) electrons. The van der Waals surface area contributed by atoms with E-state index in [1.165, 1.54) is 12.3 Å². The van der Waals surface area contributed by atoms with Crippen LogP contribution in [0.5, 0.6) is 5.75 Å². The van der Waals surface area contributed by atoms with E-state index in [0.29, 0.717) is 46.6 Å². The van der Waals surface area contributed by atoms with Crippen LogP contribution in [0.15, 0.2) is 44.8 Å². The Kier molecular flexibility index (Phi) is 17.8. The Hall–Kier alpha value is -5.61. The number of amides is 2. The molecule has 2 aliphatic heterocycles. The number of ether oxygens (including phenoxy) is 1. The molecule has 2 aromatic heterocycles. The molecule has 4 heterocycles. The Balaban J connectivity index is 0.938. The summed E-state index contributed by atoms with van der Waals surface area (Å²) in [6.45, 7) is 4.67. The first-order chi connectivity index (χ1) is 30.3. The monoisotopic (exact) mass is 916 g/mol. The first-order valence-corrected chi connectivity index (χ1v) is 21.6. The largest absolute Gasteiger partial charge is 0.494 e. The second kappa shape index (κ2) is 23.2. The van der Waals surface area contributed by atoms with Crippen molar-refractivity contribution in [3.8, 4) is 11.8 Å². The maximum Gasteiger partial charge on any atom is 0.336 e. The number of alkyl halides is 2. The number of nitrogens with two attached hydrogens (primary N) is 2. The number of pyridine rings is 1. The van der Waals surface area contributed by atoms with E-state index in [9.17, 15) is 38.0 Å². The number of likely N-dealkylation sites (tertiary alicyclic amines) is 1. The number of carbonyl (C=O) groups excluding carboxylic acids is 2. The highest BCUT2D eigenvalue weighted by Crippen LogP contribution is 2.31. The topological polar surface area (TPSA) is 256 Å². The second-order valence-corrected chi connectivity index (χ2v) is 15.8. The van der Waals surface area contributed by atoms with Crippen LogP contribution in [0.1, 0.15) is 36.0 Å². The third-order valence-electron chi connectivity index (χ3n) is 10.5. The number of thiocarbonyl (C=S) groups is 2. The lowest BCUT2D eigenvalue weighted by Crippen LogP contribution is -2.56. The van der Waals surface area contributed by atoms with Gasteiger partial charge in [0.05, 0.1) is 36.8 Å². The zero-order valence-electron chi connectivity index (χ0n) is 34.9. The zero-order valence-corrected chi connectivity index (χ0v) is 36.5. The number of nitrogens with zero attached hydrogens (tertiary/aromatic N) is 8. The summed E-state index contributed by atoms with van der Waals surface area (Å²) < 4.78 is 36.5. The van der Waals surface area contributed by atoms with Crippen molar-refractivity contribution in [1.82, 2.24) is 54.7 Å². The van der Waals surface area contributed by atoms with E-state index < -0.39 is 60.4 Å². The highest BCUT2D eigenvalue weighted by molar-refractivity contribution is 7.80. The van der Waals surface area contributed by atoms with Gasteiger partial charge >= 0.3 is 17.1 Å². The summed E-state index contributed by atoms with van der Waals surface area (Å²) in [5.41, 5.74) is 9.70. The van der Waals surface area contributed by atoms with Gasteiger partial charge in [-0.2, -0.15) is 5.26 Å². The van der Waals surface area contributed by atoms with Crippen LogP contribution in [0.3, 0.4) is 0 Å². The molecule has 1 atom stereocenters. The van der Waals surface area contributed by atoms with Crippen molar-refractivity contribution in [3.05, 3.63) is 67.5 Å². The SMILES string of the molecule is N#CC1CC(F)(F)CN1C(=O)CNC(=O)c1ccnc2ccc(OCCCN3CCN(C(=S)NCCCCNC(=S)NCCn4c(=O)n(CCN)c(=O)n(CCN)c4=O)CC3)cc12. The molecule has 2 fully saturated rings. The standard InChI is InChI=1S/C39H54F2N14O6S2/c40-39(41)23-27(24-44)55(26-39)32(56)25-49-33(57)29-6-11-45-31-5-4-28(22-30(29)31)61-21-3-13-50-17-19-51(20-18-50)35(63)48-10-2-1-9-46-34(62)47-12-16-54-37(59)52(14-7-42)36(58)53(15-8-43)38(54)60/h4-6,11,22,27H,1-3,7-10,12-21,23,25-26,42-43H2,(H,48,63)(H,49,57)(H2,46,47,62). The Morgan fingerprint density at radius 2 is 1.49 bits per heavy atom. The van der Waals surface area contributed by atoms with Gasteiger partial charge in [0, 0.05) is 103 Å². The number of halogens is 2. The maximum atomic E-state index is 13.8. The first kappa shape index (κ1) is 48.4. The minimum atomic E-state index is -3.15. The van der Waals surface area contributed by atoms with Crippen LogP contribution in [0.2, 0.25) is 0 Å². The fourth-order valence-electron chi connectivity index (χ4n) is 7.23. The molecule has 2 aliphatic rings. The van der Waals surface area contributed by atoms with Crippen molar-refractivity contribution in [2.24, 2.45) is 11.5 Å². The van der Waals surface area contributed by atoms with Gasteiger partial charge in [0.15, 0.2) is 10.2 Å². The smallest absolute Gasteiger partial charge is 0.336 e. The van der Waals surface area contributed by atoms with Gasteiger partial charge in [0.2, 0.25) is 5.91 Å². The van der Waals surface area contributed by atoms with Gasteiger partial charge in [0.1, 0.15) is 11.8 Å². The maximum absolute atomic E-state index is 13.8. The molecule has 0 aliphatic carbocycles. The molecule has 8 N–H and O–H groups in total. The van der Waals surface area contributed by atoms with Crippen molar-refractivity contribution in [2.45, 2.75) is 57.3 Å². The van der Waals surface area contributed by atoms with Crippen molar-refractivity contribution in [3.63, 3.8) is 0 Å². The molecule has 3 aromatic rings. The fourth-order valence-corrected chi connectivity index (χ4v) is 7.72. The third kappa shape index (κ3) is 13.2. The molecular weight excluding hydrogens is 863 g/mol. The molecule has 0 spiro atoms. The number of unbranched alkanes of at least 4 members (excludes halogenated alkanes) is 1. The Morgan fingerprint density at radius 3 is 2.14 bits per heavy atom. The predicted molar refractivity (Wildman–Crippen MR) is 239 cm³/mol. The van der Waals surface area contributed by atoms with Crippen LogP contribution in [0, 0.1) is 11.3 Å². The summed E-state index contributed by atoms with van der Waals surface area (Å²) in [7, 11) is 0. The number of piperazine rings is 1. The van der Waals surface area contributed by atoms with Crippen molar-refractivity contribution < 1.29 is 23.1 Å². The zero-order chi connectivity index (χ0) is 45.5. The molecule has 1 unspecified atom stereocenters. The number of benzene rings is 1. The van der Waals surface area contributed by atoms with E-state index >= 15 is 0 Å². The van der Waals surface area contributed by atoms with Gasteiger partial charge in [-0.3, -0.25) is 19.5 Å². The van der Waals surface area contributed by atoms with E-state index in [4.69, 9.17) is 40.6 Å². The Morgan fingerprint density at radius 1 is 0.857 bits per heavy atom. The third-order valence-corrected chi connectivity index (χ3v) is 11.2. The number of hydrogen-bond donors (Lipinski definition) is 6. The lowest BCUT2D eigenvalue weighted by atomic mass is 10.1. The minimum absolute atomic E-state index is 0.00576. The number of aromatic nitrogens is 4. The molecule has 2 amide bonds. The van der Waals surface area contributed by atoms with Gasteiger partial charge in [-0.15, -0.1) is 0 Å². The van der Waals surface area contributed by atoms with Crippen LogP contribution < -0.4 is 54.5 Å². The average Bonchev–Trinajstić information content (AvgIpc) is 3.60. The number of rotatable bonds is 20. The van der Waals surface area contributed by atoms with Crippen LogP contribution in [0.25, 0.3) is 10.9 Å². The number of hydrogen-bond acceptors (Lipinski definition) is 13. The van der Waals surface area contributed by atoms with E-state index in [1.54, 1.807) is 24.3 Å². The molecule has 5 rings (SSSR count). The number of nitrogens with one attached hydrogen (secondary N) is 4. The highest BCUT2D eigenvalue weighted by Gasteiger charge is 2.47. The first-order valence-electron chi connectivity index (χ1n) is 20.7. The van der Waals surface area contributed by atoms with Gasteiger partial charge in [-0.05, 0) is 68.0 Å². The molecule has 2 saturated heterocycles. The average molecular weight is 917 g/mol. The van der Waals surface area contributed by atoms with Crippen molar-refractivity contribution in [2.75, 3.05) is 85.1 Å². The number of fused-ring (bicyclic) bond motifs is 1. The number of carbonyl (C=O) groups is 2. The fraction of sp³-hybridized carbons (Fsp3) is 0.564. The quantitative estimate of drug-likeness (QED) is 0.0548. The summed E-state index contributed by atoms with van der Waals surface area (Å²) in [6.07, 6.45) is 3.15. The predicted octanol–water partition coefficient (Wildman–Crippen LogP) is -1.67. The summed E-state index contributed by atoms with van der Waals surface area (Å²) in [6, 6.07) is 7.19. The van der Waals surface area contributed by atoms with E-state index in [0.717, 1.165) is 70.6 Å². The van der Waals surface area contributed by atoms with Crippen molar-refractivity contribution in [1.29, 1.82) is 5.26 Å². The van der Waals surface area contributed by atoms with Crippen LogP contribution in [-0.4, -0.2) is 153 Å². The van der Waals surface area contributed by atoms with E-state index in [1.807, 2.05) is 0 Å². The molecule has 20 nitrogen and oxygen atoms in total. The molecule has 0 saturated carbocycles. The summed E-state index contributed by atoms with van der Waals surface area (Å²) in [5, 5.41) is 22.7. The summed E-state index contributed by atoms with van der Waals surface area (Å²) in [4.78, 5) is 73.3. The van der Waals surface area contributed by atoms with Gasteiger partial charge in [-0.25, -0.2) is 36.9 Å². The van der Waals surface area contributed by atoms with E-state index in [2.05, 4.69) is 36.1 Å². The molecule has 0 bridgehead atoms. The minimum Gasteiger partial charge on any atom is -0.494 e. The lowest BCUT2D eigenvalue weighted by molar-refractivity contribution is -0.131. The molecule has 342 valence electrons. The van der Waals surface area contributed by atoms with Gasteiger partial charge in [0.25, 0.3) is 11.8 Å². The number of nitriles is 1. The molecule has 63 heavy (non-hydrogen) atoms. The van der Waals surface area contributed by atoms with E-state index in [-0.39, 0.29) is 44.8 Å². The summed E-state index contributed by atoms with van der Waals surface area (Å²) in [5.74, 6) is -3.95. The van der Waals surface area contributed by atoms with Gasteiger partial charge in [-0.1, -0.05) is 0 Å². The summed E-state index contributed by atoms with van der Waals surface area (Å²) >= 11 is 11.0. The molecule has 1 aromatic carbocycles. The molecule has 24 heteroatoms. The lowest BCUT2D eigenvalue weighted by Gasteiger charge is -2.36. The van der Waals surface area contributed by atoms with Crippen LogP contribution >= 0.6 is 24.4 Å². The highest BCUT2D eigenvalue weighted by atomic mass is 32.1.